The van der Waals surface area contributed by atoms with Crippen molar-refractivity contribution in [2.45, 2.75) is 25.9 Å². The van der Waals surface area contributed by atoms with Crippen LogP contribution in [0.4, 0.5) is 4.39 Å². The third kappa shape index (κ3) is 3.12. The van der Waals surface area contributed by atoms with Crippen molar-refractivity contribution >= 4 is 22.2 Å². The first-order valence-corrected chi connectivity index (χ1v) is 5.79. The molecule has 1 unspecified atom stereocenters. The first kappa shape index (κ1) is 13.3. The van der Waals surface area contributed by atoms with Crippen LogP contribution in [0.3, 0.4) is 0 Å². The summed E-state index contributed by atoms with van der Waals surface area (Å²) in [6, 6.07) is 3.40. The summed E-state index contributed by atoms with van der Waals surface area (Å²) in [7, 11) is 1.52. The van der Waals surface area contributed by atoms with Crippen molar-refractivity contribution < 1.29 is 13.9 Å². The van der Waals surface area contributed by atoms with Gasteiger partial charge in [-0.1, -0.05) is 22.9 Å². The second-order valence-electron chi connectivity index (χ2n) is 3.70. The van der Waals surface area contributed by atoms with Crippen LogP contribution in [0, 0.1) is 5.82 Å². The molecule has 0 N–H and O–H groups in total. The molecule has 0 spiro atoms. The average Bonchev–Trinajstić information content (AvgIpc) is 2.23. The minimum Gasteiger partial charge on any atom is -0.380 e. The van der Waals surface area contributed by atoms with Gasteiger partial charge >= 0.3 is 0 Å². The molecule has 0 bridgehead atoms. The minimum atomic E-state index is -0.278. The summed E-state index contributed by atoms with van der Waals surface area (Å²) < 4.78 is 19.7. The molecular formula is C12H14BrFO2. The van der Waals surface area contributed by atoms with Gasteiger partial charge in [0.2, 0.25) is 0 Å². The molecule has 1 aromatic carbocycles. The molecule has 0 aliphatic carbocycles. The fourth-order valence-corrected chi connectivity index (χ4v) is 2.08. The largest absolute Gasteiger partial charge is 0.380 e. The Balaban J connectivity index is 3.12. The summed E-state index contributed by atoms with van der Waals surface area (Å²) >= 11 is 3.33. The monoisotopic (exact) mass is 288 g/mol. The zero-order chi connectivity index (χ0) is 12.1. The summed E-state index contributed by atoms with van der Waals surface area (Å²) in [5.41, 5.74) is 1.05. The molecular weight excluding hydrogens is 275 g/mol. The Labute approximate surface area is 103 Å². The van der Waals surface area contributed by atoms with E-state index in [4.69, 9.17) is 4.74 Å². The number of halogens is 2. The number of aldehydes is 1. The zero-order valence-electron chi connectivity index (χ0n) is 9.30. The van der Waals surface area contributed by atoms with Crippen LogP contribution in [0.5, 0.6) is 0 Å². The molecule has 88 valence electrons. The first-order valence-electron chi connectivity index (χ1n) is 5.00. The van der Waals surface area contributed by atoms with Crippen LogP contribution in [-0.2, 0) is 16.1 Å². The minimum absolute atomic E-state index is 0.120. The fraction of sp³-hybridized carbons (Fsp3) is 0.417. The Hall–Kier alpha value is -0.740. The first-order chi connectivity index (χ1) is 7.60. The SMILES string of the molecule is COCc1cc(Br)cc(C(C)CC=O)c1F. The third-order valence-corrected chi connectivity index (χ3v) is 2.88. The highest BCUT2D eigenvalue weighted by Gasteiger charge is 2.15. The number of rotatable bonds is 5. The van der Waals surface area contributed by atoms with E-state index in [1.807, 2.05) is 6.92 Å². The van der Waals surface area contributed by atoms with Crippen LogP contribution in [0.25, 0.3) is 0 Å². The molecule has 0 aliphatic rings. The highest BCUT2D eigenvalue weighted by atomic mass is 79.9. The van der Waals surface area contributed by atoms with Gasteiger partial charge in [-0.2, -0.15) is 0 Å². The number of carbonyl (C=O) groups is 1. The molecule has 0 saturated carbocycles. The van der Waals surface area contributed by atoms with Gasteiger partial charge in [0.25, 0.3) is 0 Å². The number of hydrogen-bond donors (Lipinski definition) is 0. The molecule has 4 heteroatoms. The second-order valence-corrected chi connectivity index (χ2v) is 4.62. The number of hydrogen-bond acceptors (Lipinski definition) is 2. The van der Waals surface area contributed by atoms with E-state index in [2.05, 4.69) is 15.9 Å². The van der Waals surface area contributed by atoms with Crippen molar-refractivity contribution in [3.8, 4) is 0 Å². The van der Waals surface area contributed by atoms with Gasteiger partial charge in [-0.15, -0.1) is 0 Å². The molecule has 0 aromatic heterocycles. The Kier molecular flexibility index (Phi) is 5.09. The molecule has 1 rings (SSSR count). The van der Waals surface area contributed by atoms with Gasteiger partial charge in [0, 0.05) is 23.6 Å². The second kappa shape index (κ2) is 6.11. The van der Waals surface area contributed by atoms with Crippen molar-refractivity contribution in [3.05, 3.63) is 33.5 Å². The summed E-state index contributed by atoms with van der Waals surface area (Å²) in [5, 5.41) is 0. The summed E-state index contributed by atoms with van der Waals surface area (Å²) in [6.07, 6.45) is 1.13. The van der Waals surface area contributed by atoms with Crippen molar-refractivity contribution in [3.63, 3.8) is 0 Å². The molecule has 0 saturated heterocycles. The Morgan fingerprint density at radius 3 is 2.81 bits per heavy atom. The van der Waals surface area contributed by atoms with Gasteiger partial charge in [-0.05, 0) is 23.6 Å². The number of carbonyl (C=O) groups excluding carboxylic acids is 1. The zero-order valence-corrected chi connectivity index (χ0v) is 10.9. The highest BCUT2D eigenvalue weighted by molar-refractivity contribution is 9.10. The molecule has 16 heavy (non-hydrogen) atoms. The van der Waals surface area contributed by atoms with E-state index in [1.165, 1.54) is 7.11 Å². The van der Waals surface area contributed by atoms with E-state index in [-0.39, 0.29) is 18.3 Å². The molecule has 0 aliphatic heterocycles. The summed E-state index contributed by atoms with van der Waals surface area (Å²) in [4.78, 5) is 10.4. The Morgan fingerprint density at radius 2 is 2.25 bits per heavy atom. The molecule has 2 nitrogen and oxygen atoms in total. The maximum absolute atomic E-state index is 14.0. The lowest BCUT2D eigenvalue weighted by atomic mass is 9.96. The van der Waals surface area contributed by atoms with Crippen molar-refractivity contribution in [2.24, 2.45) is 0 Å². The lowest BCUT2D eigenvalue weighted by Crippen LogP contribution is -2.03. The van der Waals surface area contributed by atoms with Gasteiger partial charge in [0.05, 0.1) is 6.61 Å². The predicted octanol–water partition coefficient (Wildman–Crippen LogP) is 3.43. The van der Waals surface area contributed by atoms with Crippen molar-refractivity contribution in [1.29, 1.82) is 0 Å². The van der Waals surface area contributed by atoms with Gasteiger partial charge in [-0.25, -0.2) is 4.39 Å². The van der Waals surface area contributed by atoms with Crippen LogP contribution in [0.2, 0.25) is 0 Å². The number of ether oxygens (including phenoxy) is 1. The van der Waals surface area contributed by atoms with Gasteiger partial charge in [0.1, 0.15) is 12.1 Å². The van der Waals surface area contributed by atoms with Gasteiger partial charge in [0.15, 0.2) is 0 Å². The number of methoxy groups -OCH3 is 1. The fourth-order valence-electron chi connectivity index (χ4n) is 1.56. The average molecular weight is 289 g/mol. The van der Waals surface area contributed by atoms with Gasteiger partial charge in [-0.3, -0.25) is 0 Å². The maximum Gasteiger partial charge on any atom is 0.132 e. The Bertz CT molecular complexity index is 380. The smallest absolute Gasteiger partial charge is 0.132 e. The van der Waals surface area contributed by atoms with E-state index >= 15 is 0 Å². The molecule has 0 heterocycles. The molecule has 0 radical (unpaired) electrons. The van der Waals surface area contributed by atoms with E-state index < -0.39 is 0 Å². The molecule has 0 amide bonds. The molecule has 0 fully saturated rings. The van der Waals surface area contributed by atoms with Crippen molar-refractivity contribution in [2.75, 3.05) is 7.11 Å². The van der Waals surface area contributed by atoms with Crippen LogP contribution in [-0.4, -0.2) is 13.4 Å². The summed E-state index contributed by atoms with van der Waals surface area (Å²) in [5.74, 6) is -0.398. The van der Waals surface area contributed by atoms with E-state index in [9.17, 15) is 9.18 Å². The topological polar surface area (TPSA) is 26.3 Å². The molecule has 1 atom stereocenters. The summed E-state index contributed by atoms with van der Waals surface area (Å²) in [6.45, 7) is 2.06. The van der Waals surface area contributed by atoms with Crippen LogP contribution in [0.1, 0.15) is 30.4 Å². The predicted molar refractivity (Wildman–Crippen MR) is 63.9 cm³/mol. The highest BCUT2D eigenvalue weighted by Crippen LogP contribution is 2.28. The van der Waals surface area contributed by atoms with Crippen LogP contribution >= 0.6 is 15.9 Å². The van der Waals surface area contributed by atoms with E-state index in [0.29, 0.717) is 17.5 Å². The number of benzene rings is 1. The third-order valence-electron chi connectivity index (χ3n) is 2.42. The van der Waals surface area contributed by atoms with E-state index in [1.54, 1.807) is 12.1 Å². The Morgan fingerprint density at radius 1 is 1.56 bits per heavy atom. The molecule has 1 aromatic rings. The maximum atomic E-state index is 14.0. The lowest BCUT2D eigenvalue weighted by molar-refractivity contribution is -0.108. The van der Waals surface area contributed by atoms with Crippen LogP contribution in [0.15, 0.2) is 16.6 Å². The van der Waals surface area contributed by atoms with Crippen molar-refractivity contribution in [1.82, 2.24) is 0 Å². The standard InChI is InChI=1S/C12H14BrFO2/c1-8(3-4-15)11-6-10(13)5-9(7-16-2)12(11)14/h4-6,8H,3,7H2,1-2H3. The van der Waals surface area contributed by atoms with Gasteiger partial charge < -0.3 is 9.53 Å². The van der Waals surface area contributed by atoms with Crippen LogP contribution < -0.4 is 0 Å². The lowest BCUT2D eigenvalue weighted by Gasteiger charge is -2.13. The van der Waals surface area contributed by atoms with E-state index in [0.717, 1.165) is 10.8 Å². The quantitative estimate of drug-likeness (QED) is 0.776. The normalized spacial score (nSPS) is 12.5.